The summed E-state index contributed by atoms with van der Waals surface area (Å²) in [7, 11) is -1.66. The third-order valence-corrected chi connectivity index (χ3v) is 3.42. The van der Waals surface area contributed by atoms with E-state index in [9.17, 15) is 17.4 Å². The molecular formula is C10H15F3N2O2S. The molecule has 0 spiro atoms. The normalized spacial score (nSPS) is 16.6. The van der Waals surface area contributed by atoms with Crippen LogP contribution in [-0.4, -0.2) is 15.1 Å². The third-order valence-electron chi connectivity index (χ3n) is 2.01. The van der Waals surface area contributed by atoms with Crippen molar-refractivity contribution in [3.8, 4) is 0 Å². The van der Waals surface area contributed by atoms with E-state index >= 15 is 0 Å². The summed E-state index contributed by atoms with van der Waals surface area (Å²) in [5.41, 5.74) is 2.00. The van der Waals surface area contributed by atoms with Gasteiger partial charge in [0.25, 0.3) is 0 Å². The number of furan rings is 1. The largest absolute Gasteiger partial charge is 0.467 e. The van der Waals surface area contributed by atoms with Crippen LogP contribution in [-0.2, 0) is 11.0 Å². The third kappa shape index (κ3) is 4.11. The van der Waals surface area contributed by atoms with Crippen LogP contribution < -0.4 is 10.3 Å². The monoisotopic (exact) mass is 284 g/mol. The van der Waals surface area contributed by atoms with Crippen molar-refractivity contribution in [1.82, 2.24) is 10.3 Å². The second kappa shape index (κ2) is 5.41. The molecule has 0 fully saturated rings. The van der Waals surface area contributed by atoms with E-state index in [1.165, 1.54) is 12.1 Å². The van der Waals surface area contributed by atoms with Gasteiger partial charge in [-0.1, -0.05) is 0 Å². The summed E-state index contributed by atoms with van der Waals surface area (Å²) >= 11 is 0. The van der Waals surface area contributed by atoms with Crippen molar-refractivity contribution >= 4 is 11.0 Å². The van der Waals surface area contributed by atoms with Gasteiger partial charge in [-0.3, -0.25) is 0 Å². The standard InChI is InChI=1S/C10H15F3N2O2S/c1-9(2,3)18(16)15-14-8(10(11,12)13)7-5-4-6-17-7/h4-6,8,14-15H,1-3H3/t8-,18?/m1/s1. The topological polar surface area (TPSA) is 54.3 Å². The summed E-state index contributed by atoms with van der Waals surface area (Å²) in [6.07, 6.45) is -3.40. The van der Waals surface area contributed by atoms with Gasteiger partial charge in [0.2, 0.25) is 0 Å². The lowest BCUT2D eigenvalue weighted by molar-refractivity contribution is -0.162. The quantitative estimate of drug-likeness (QED) is 0.835. The molecule has 1 unspecified atom stereocenters. The van der Waals surface area contributed by atoms with E-state index in [1.807, 2.05) is 5.43 Å². The Morgan fingerprint density at radius 1 is 1.33 bits per heavy atom. The molecule has 0 radical (unpaired) electrons. The van der Waals surface area contributed by atoms with Gasteiger partial charge in [-0.2, -0.15) is 18.0 Å². The Labute approximate surface area is 105 Å². The molecule has 4 nitrogen and oxygen atoms in total. The first kappa shape index (κ1) is 15.2. The summed E-state index contributed by atoms with van der Waals surface area (Å²) in [5, 5.41) is 0. The van der Waals surface area contributed by atoms with Crippen LogP contribution in [0.25, 0.3) is 0 Å². The van der Waals surface area contributed by atoms with Crippen LogP contribution in [0.3, 0.4) is 0 Å². The highest BCUT2D eigenvalue weighted by molar-refractivity contribution is 7.84. The van der Waals surface area contributed by atoms with Crippen molar-refractivity contribution < 1.29 is 21.8 Å². The first-order chi connectivity index (χ1) is 8.12. The second-order valence-electron chi connectivity index (χ2n) is 4.62. The molecule has 1 aromatic rings. The van der Waals surface area contributed by atoms with Crippen molar-refractivity contribution in [3.05, 3.63) is 24.2 Å². The van der Waals surface area contributed by atoms with E-state index in [1.54, 1.807) is 20.8 Å². The summed E-state index contributed by atoms with van der Waals surface area (Å²) < 4.78 is 54.0. The zero-order valence-corrected chi connectivity index (χ0v) is 11.0. The molecule has 0 saturated heterocycles. The van der Waals surface area contributed by atoms with Gasteiger partial charge in [0.15, 0.2) is 6.04 Å². The van der Waals surface area contributed by atoms with Crippen molar-refractivity contribution in [2.45, 2.75) is 37.7 Å². The molecule has 2 N–H and O–H groups in total. The first-order valence-electron chi connectivity index (χ1n) is 5.15. The Morgan fingerprint density at radius 3 is 2.33 bits per heavy atom. The molecule has 104 valence electrons. The van der Waals surface area contributed by atoms with E-state index < -0.39 is 28.0 Å². The summed E-state index contributed by atoms with van der Waals surface area (Å²) in [4.78, 5) is 2.16. The minimum Gasteiger partial charge on any atom is -0.467 e. The van der Waals surface area contributed by atoms with Crippen LogP contribution in [0.4, 0.5) is 13.2 Å². The van der Waals surface area contributed by atoms with Crippen LogP contribution in [0, 0.1) is 0 Å². The minimum absolute atomic E-state index is 0.291. The smallest absolute Gasteiger partial charge is 0.412 e. The number of halogens is 3. The van der Waals surface area contributed by atoms with Crippen molar-refractivity contribution in [3.63, 3.8) is 0 Å². The number of nitrogens with one attached hydrogen (secondary N) is 2. The van der Waals surface area contributed by atoms with Gasteiger partial charge >= 0.3 is 6.18 Å². The molecule has 1 heterocycles. The molecule has 0 aliphatic rings. The lowest BCUT2D eigenvalue weighted by Crippen LogP contribution is -2.47. The molecule has 0 saturated carbocycles. The Bertz CT molecular complexity index is 398. The fourth-order valence-electron chi connectivity index (χ4n) is 1.04. The zero-order chi connectivity index (χ0) is 14.0. The minimum atomic E-state index is -4.55. The van der Waals surface area contributed by atoms with E-state index in [-0.39, 0.29) is 5.76 Å². The molecule has 0 aliphatic carbocycles. The predicted molar refractivity (Wildman–Crippen MR) is 61.7 cm³/mol. The van der Waals surface area contributed by atoms with E-state index in [0.717, 1.165) is 6.26 Å². The summed E-state index contributed by atoms with van der Waals surface area (Å²) in [6, 6.07) is 0.516. The molecule has 0 aromatic carbocycles. The van der Waals surface area contributed by atoms with Gasteiger partial charge in [-0.25, -0.2) is 9.63 Å². The zero-order valence-electron chi connectivity index (χ0n) is 10.2. The van der Waals surface area contributed by atoms with Gasteiger partial charge in [-0.05, 0) is 32.9 Å². The first-order valence-corrected chi connectivity index (χ1v) is 6.30. The molecular weight excluding hydrogens is 269 g/mol. The second-order valence-corrected chi connectivity index (χ2v) is 6.58. The Balaban J connectivity index is 2.74. The van der Waals surface area contributed by atoms with Crippen LogP contribution in [0.1, 0.15) is 32.6 Å². The molecule has 18 heavy (non-hydrogen) atoms. The number of hydrogen-bond donors (Lipinski definition) is 2. The maximum atomic E-state index is 12.8. The van der Waals surface area contributed by atoms with Crippen molar-refractivity contribution in [2.75, 3.05) is 0 Å². The highest BCUT2D eigenvalue weighted by Gasteiger charge is 2.43. The highest BCUT2D eigenvalue weighted by atomic mass is 32.2. The van der Waals surface area contributed by atoms with Gasteiger partial charge in [0.1, 0.15) is 16.7 Å². The lowest BCUT2D eigenvalue weighted by Gasteiger charge is -2.23. The Hall–Kier alpha value is -0.860. The predicted octanol–water partition coefficient (Wildman–Crippen LogP) is 2.44. The molecule has 2 atom stereocenters. The Morgan fingerprint density at radius 2 is 1.94 bits per heavy atom. The van der Waals surface area contributed by atoms with Gasteiger partial charge in [-0.15, -0.1) is 0 Å². The maximum Gasteiger partial charge on any atom is 0.412 e. The van der Waals surface area contributed by atoms with E-state index in [0.29, 0.717) is 0 Å². The number of hydrazine groups is 1. The highest BCUT2D eigenvalue weighted by Crippen LogP contribution is 2.32. The van der Waals surface area contributed by atoms with Gasteiger partial charge in [0, 0.05) is 0 Å². The molecule has 1 rings (SSSR count). The van der Waals surface area contributed by atoms with Crippen LogP contribution in [0.2, 0.25) is 0 Å². The van der Waals surface area contributed by atoms with Crippen molar-refractivity contribution in [2.24, 2.45) is 0 Å². The van der Waals surface area contributed by atoms with E-state index in [4.69, 9.17) is 4.42 Å². The molecule has 0 amide bonds. The molecule has 1 aromatic heterocycles. The Kier molecular flexibility index (Phi) is 4.57. The van der Waals surface area contributed by atoms with Crippen LogP contribution in [0.5, 0.6) is 0 Å². The van der Waals surface area contributed by atoms with E-state index in [2.05, 4.69) is 4.83 Å². The number of rotatable bonds is 4. The van der Waals surface area contributed by atoms with Crippen molar-refractivity contribution in [1.29, 1.82) is 0 Å². The van der Waals surface area contributed by atoms with Crippen LogP contribution >= 0.6 is 0 Å². The van der Waals surface area contributed by atoms with Gasteiger partial charge in [0.05, 0.1) is 11.0 Å². The summed E-state index contributed by atoms with van der Waals surface area (Å²) in [6.45, 7) is 4.94. The SMILES string of the molecule is CC(C)(C)S(=O)NN[C@H](c1ccco1)C(F)(F)F. The summed E-state index contributed by atoms with van der Waals surface area (Å²) in [5.74, 6) is -0.291. The average molecular weight is 284 g/mol. The fraction of sp³-hybridized carbons (Fsp3) is 0.600. The molecule has 8 heteroatoms. The molecule has 0 bridgehead atoms. The fourth-order valence-corrected chi connectivity index (χ4v) is 1.57. The maximum absolute atomic E-state index is 12.8. The number of hydrogen-bond acceptors (Lipinski definition) is 3. The van der Waals surface area contributed by atoms with Crippen LogP contribution in [0.15, 0.2) is 22.8 Å². The lowest BCUT2D eigenvalue weighted by atomic mass is 10.2. The van der Waals surface area contributed by atoms with Gasteiger partial charge < -0.3 is 4.42 Å². The molecule has 0 aliphatic heterocycles. The number of alkyl halides is 3. The average Bonchev–Trinajstić information content (AvgIpc) is 2.67.